The number of aromatic nitrogens is 2. The van der Waals surface area contributed by atoms with E-state index in [0.29, 0.717) is 0 Å². The second-order valence-electron chi connectivity index (χ2n) is 6.64. The van der Waals surface area contributed by atoms with Crippen molar-refractivity contribution in [3.05, 3.63) is 23.5 Å². The second kappa shape index (κ2) is 5.38. The van der Waals surface area contributed by atoms with E-state index in [1.807, 2.05) is 0 Å². The summed E-state index contributed by atoms with van der Waals surface area (Å²) in [7, 11) is 0. The molecule has 2 aromatic heterocycles. The summed E-state index contributed by atoms with van der Waals surface area (Å²) in [6, 6.07) is 0.211. The number of thiazole rings is 1. The Hall–Kier alpha value is -0.910. The highest BCUT2D eigenvalue weighted by molar-refractivity contribution is 7.15. The van der Waals surface area contributed by atoms with Crippen LogP contribution in [0.4, 0.5) is 0 Å². The average Bonchev–Trinajstić information content (AvgIpc) is 3.22. The van der Waals surface area contributed by atoms with Gasteiger partial charge in [-0.25, -0.2) is 4.98 Å². The van der Waals surface area contributed by atoms with Gasteiger partial charge in [0.2, 0.25) is 0 Å². The minimum atomic E-state index is 0.211. The van der Waals surface area contributed by atoms with Crippen molar-refractivity contribution in [2.45, 2.75) is 56.5 Å². The maximum Gasteiger partial charge on any atom is 0.193 e. The molecule has 0 aromatic carbocycles. The minimum Gasteiger partial charge on any atom is -0.326 e. The maximum absolute atomic E-state index is 6.73. The lowest BCUT2D eigenvalue weighted by atomic mass is 9.84. The van der Waals surface area contributed by atoms with E-state index in [1.54, 1.807) is 11.3 Å². The van der Waals surface area contributed by atoms with Gasteiger partial charge in [-0.2, -0.15) is 0 Å². The molecular weight excluding hydrogens is 280 g/mol. The Bertz CT molecular complexity index is 576. The highest BCUT2D eigenvalue weighted by atomic mass is 32.1. The van der Waals surface area contributed by atoms with Crippen LogP contribution in [0.5, 0.6) is 0 Å². The van der Waals surface area contributed by atoms with Crippen molar-refractivity contribution in [2.75, 3.05) is 13.1 Å². The number of hydrogen-bond donors (Lipinski definition) is 1. The Kier molecular flexibility index (Phi) is 3.52. The van der Waals surface area contributed by atoms with Gasteiger partial charge >= 0.3 is 0 Å². The van der Waals surface area contributed by atoms with Crippen molar-refractivity contribution in [3.63, 3.8) is 0 Å². The standard InChI is InChI=1S/C16H24N4S/c17-14(11-13-12-19-9-10-21-15(19)18-13)16(5-1-2-6-16)20-7-3-4-8-20/h9-10,12,14H,1-8,11,17H2. The fraction of sp³-hybridized carbons (Fsp3) is 0.688. The SMILES string of the molecule is NC(Cc1cn2ccsc2n1)C1(N2CCCC2)CCCC1. The second-order valence-corrected chi connectivity index (χ2v) is 7.51. The first-order chi connectivity index (χ1) is 10.3. The Balaban J connectivity index is 1.56. The summed E-state index contributed by atoms with van der Waals surface area (Å²) in [6.45, 7) is 2.48. The molecular formula is C16H24N4S. The summed E-state index contributed by atoms with van der Waals surface area (Å²) < 4.78 is 2.11. The summed E-state index contributed by atoms with van der Waals surface area (Å²) >= 11 is 1.69. The van der Waals surface area contributed by atoms with Gasteiger partial charge in [-0.05, 0) is 38.8 Å². The van der Waals surface area contributed by atoms with Crippen molar-refractivity contribution in [2.24, 2.45) is 5.73 Å². The van der Waals surface area contributed by atoms with E-state index < -0.39 is 0 Å². The molecule has 0 radical (unpaired) electrons. The topological polar surface area (TPSA) is 46.6 Å². The quantitative estimate of drug-likeness (QED) is 0.944. The first-order valence-electron chi connectivity index (χ1n) is 8.20. The third kappa shape index (κ3) is 2.31. The fourth-order valence-electron chi connectivity index (χ4n) is 4.36. The largest absolute Gasteiger partial charge is 0.326 e. The van der Waals surface area contributed by atoms with Gasteiger partial charge < -0.3 is 5.73 Å². The molecule has 1 saturated carbocycles. The molecule has 3 heterocycles. The zero-order valence-corrected chi connectivity index (χ0v) is 13.3. The number of imidazole rings is 1. The molecule has 2 aromatic rings. The summed E-state index contributed by atoms with van der Waals surface area (Å²) in [5.41, 5.74) is 8.13. The molecule has 0 bridgehead atoms. The molecule has 1 atom stereocenters. The molecule has 5 heteroatoms. The minimum absolute atomic E-state index is 0.211. The lowest BCUT2D eigenvalue weighted by Crippen LogP contribution is -2.58. The van der Waals surface area contributed by atoms with Gasteiger partial charge in [0.05, 0.1) is 5.69 Å². The van der Waals surface area contributed by atoms with Crippen LogP contribution >= 0.6 is 11.3 Å². The molecule has 4 rings (SSSR count). The van der Waals surface area contributed by atoms with Crippen LogP contribution in [-0.4, -0.2) is 39.0 Å². The van der Waals surface area contributed by atoms with Crippen molar-refractivity contribution in [1.29, 1.82) is 0 Å². The first-order valence-corrected chi connectivity index (χ1v) is 9.08. The summed E-state index contributed by atoms with van der Waals surface area (Å²) in [5, 5.41) is 2.08. The fourth-order valence-corrected chi connectivity index (χ4v) is 5.08. The average molecular weight is 304 g/mol. The number of rotatable bonds is 4. The zero-order valence-electron chi connectivity index (χ0n) is 12.5. The lowest BCUT2D eigenvalue weighted by Gasteiger charge is -2.43. The molecule has 2 N–H and O–H groups in total. The maximum atomic E-state index is 6.73. The summed E-state index contributed by atoms with van der Waals surface area (Å²) in [5.74, 6) is 0. The molecule has 114 valence electrons. The van der Waals surface area contributed by atoms with Gasteiger partial charge in [-0.3, -0.25) is 9.30 Å². The van der Waals surface area contributed by atoms with Crippen LogP contribution in [0.1, 0.15) is 44.2 Å². The third-order valence-electron chi connectivity index (χ3n) is 5.47. The van der Waals surface area contributed by atoms with E-state index in [2.05, 4.69) is 27.1 Å². The Morgan fingerprint density at radius 2 is 2.00 bits per heavy atom. The number of likely N-dealkylation sites (tertiary alicyclic amines) is 1. The van der Waals surface area contributed by atoms with Crippen LogP contribution < -0.4 is 5.73 Å². The van der Waals surface area contributed by atoms with Gasteiger partial charge in [-0.1, -0.05) is 12.8 Å². The van der Waals surface area contributed by atoms with Gasteiger partial charge in [-0.15, -0.1) is 11.3 Å². The predicted molar refractivity (Wildman–Crippen MR) is 86.8 cm³/mol. The Morgan fingerprint density at radius 1 is 1.24 bits per heavy atom. The van der Waals surface area contributed by atoms with Crippen LogP contribution in [0.2, 0.25) is 0 Å². The molecule has 1 aliphatic heterocycles. The molecule has 0 amide bonds. The van der Waals surface area contributed by atoms with E-state index in [9.17, 15) is 0 Å². The Labute approximate surface area is 130 Å². The molecule has 1 saturated heterocycles. The van der Waals surface area contributed by atoms with Gasteiger partial charge in [0.1, 0.15) is 0 Å². The first kappa shape index (κ1) is 13.7. The van der Waals surface area contributed by atoms with Gasteiger partial charge in [0.15, 0.2) is 4.96 Å². The van der Waals surface area contributed by atoms with Crippen LogP contribution in [0.25, 0.3) is 4.96 Å². The number of nitrogens with two attached hydrogens (primary N) is 1. The number of nitrogens with zero attached hydrogens (tertiary/aromatic N) is 3. The van der Waals surface area contributed by atoms with Gasteiger partial charge in [0, 0.05) is 35.8 Å². The van der Waals surface area contributed by atoms with Crippen molar-refractivity contribution < 1.29 is 0 Å². The molecule has 21 heavy (non-hydrogen) atoms. The van der Waals surface area contributed by atoms with E-state index in [1.165, 1.54) is 51.6 Å². The molecule has 2 fully saturated rings. The molecule has 4 nitrogen and oxygen atoms in total. The summed E-state index contributed by atoms with van der Waals surface area (Å²) in [4.78, 5) is 8.50. The predicted octanol–water partition coefficient (Wildman–Crippen LogP) is 2.67. The van der Waals surface area contributed by atoms with E-state index in [4.69, 9.17) is 10.7 Å². The highest BCUT2D eigenvalue weighted by Crippen LogP contribution is 2.40. The third-order valence-corrected chi connectivity index (χ3v) is 6.24. The van der Waals surface area contributed by atoms with E-state index in [-0.39, 0.29) is 11.6 Å². The van der Waals surface area contributed by atoms with Gasteiger partial charge in [0.25, 0.3) is 0 Å². The zero-order chi connectivity index (χ0) is 14.3. The highest BCUT2D eigenvalue weighted by Gasteiger charge is 2.45. The lowest BCUT2D eigenvalue weighted by molar-refractivity contribution is 0.0918. The van der Waals surface area contributed by atoms with Crippen molar-refractivity contribution in [1.82, 2.24) is 14.3 Å². The molecule has 0 spiro atoms. The molecule has 2 aliphatic rings. The number of fused-ring (bicyclic) bond motifs is 1. The monoisotopic (exact) mass is 304 g/mol. The normalized spacial score (nSPS) is 24.0. The van der Waals surface area contributed by atoms with Crippen molar-refractivity contribution >= 4 is 16.3 Å². The van der Waals surface area contributed by atoms with Crippen molar-refractivity contribution in [3.8, 4) is 0 Å². The summed E-state index contributed by atoms with van der Waals surface area (Å²) in [6.07, 6.45) is 13.0. The molecule has 1 unspecified atom stereocenters. The van der Waals surface area contributed by atoms with Crippen LogP contribution in [0.3, 0.4) is 0 Å². The van der Waals surface area contributed by atoms with Crippen LogP contribution in [0.15, 0.2) is 17.8 Å². The van der Waals surface area contributed by atoms with Crippen LogP contribution in [-0.2, 0) is 6.42 Å². The van der Waals surface area contributed by atoms with Crippen LogP contribution in [0, 0.1) is 0 Å². The molecule has 1 aliphatic carbocycles. The van der Waals surface area contributed by atoms with E-state index >= 15 is 0 Å². The Morgan fingerprint density at radius 3 is 2.71 bits per heavy atom. The number of hydrogen-bond acceptors (Lipinski definition) is 4. The van der Waals surface area contributed by atoms with E-state index in [0.717, 1.165) is 17.1 Å². The smallest absolute Gasteiger partial charge is 0.193 e.